The van der Waals surface area contributed by atoms with E-state index in [4.69, 9.17) is 14.2 Å². The SMILES string of the molecule is COC(=O)C(CC(=O)O)Cc1cc(C(=O)OC(C)(C)C)ccc1CNC(=O)OC(C)(C)C. The van der Waals surface area contributed by atoms with Gasteiger partial charge in [0.25, 0.3) is 0 Å². The summed E-state index contributed by atoms with van der Waals surface area (Å²) >= 11 is 0. The third-order valence-electron chi connectivity index (χ3n) is 4.08. The lowest BCUT2D eigenvalue weighted by molar-refractivity contribution is -0.150. The number of carbonyl (C=O) groups excluding carboxylic acids is 3. The molecule has 0 heterocycles. The van der Waals surface area contributed by atoms with Gasteiger partial charge >= 0.3 is 24.0 Å². The minimum Gasteiger partial charge on any atom is -0.481 e. The molecule has 0 saturated carbocycles. The summed E-state index contributed by atoms with van der Waals surface area (Å²) in [5, 5.41) is 11.8. The Morgan fingerprint density at radius 1 is 0.969 bits per heavy atom. The molecule has 178 valence electrons. The van der Waals surface area contributed by atoms with Crippen molar-refractivity contribution >= 4 is 24.0 Å². The van der Waals surface area contributed by atoms with E-state index in [0.29, 0.717) is 11.1 Å². The van der Waals surface area contributed by atoms with Crippen LogP contribution in [0.1, 0.15) is 69.4 Å². The normalized spacial score (nSPS) is 12.5. The zero-order chi connectivity index (χ0) is 24.7. The number of benzene rings is 1. The molecular weight excluding hydrogens is 418 g/mol. The summed E-state index contributed by atoms with van der Waals surface area (Å²) < 4.78 is 15.4. The van der Waals surface area contributed by atoms with Crippen molar-refractivity contribution in [3.63, 3.8) is 0 Å². The molecule has 2 N–H and O–H groups in total. The number of alkyl carbamates (subject to hydrolysis) is 1. The Kier molecular flexibility index (Phi) is 9.23. The molecule has 9 nitrogen and oxygen atoms in total. The highest BCUT2D eigenvalue weighted by Crippen LogP contribution is 2.22. The molecule has 32 heavy (non-hydrogen) atoms. The molecule has 0 saturated heterocycles. The van der Waals surface area contributed by atoms with Crippen LogP contribution < -0.4 is 5.32 Å². The smallest absolute Gasteiger partial charge is 0.407 e. The van der Waals surface area contributed by atoms with Crippen LogP contribution in [0.2, 0.25) is 0 Å². The molecule has 1 atom stereocenters. The maximum absolute atomic E-state index is 12.5. The summed E-state index contributed by atoms with van der Waals surface area (Å²) in [6.45, 7) is 10.5. The van der Waals surface area contributed by atoms with Crippen molar-refractivity contribution in [2.24, 2.45) is 5.92 Å². The average Bonchev–Trinajstić information content (AvgIpc) is 2.62. The summed E-state index contributed by atoms with van der Waals surface area (Å²) in [6.07, 6.45) is -1.07. The Bertz CT molecular complexity index is 849. The predicted molar refractivity (Wildman–Crippen MR) is 116 cm³/mol. The highest BCUT2D eigenvalue weighted by atomic mass is 16.6. The van der Waals surface area contributed by atoms with Crippen LogP contribution in [0.5, 0.6) is 0 Å². The number of hydrogen-bond acceptors (Lipinski definition) is 7. The predicted octanol–water partition coefficient (Wildman–Crippen LogP) is 3.47. The van der Waals surface area contributed by atoms with Gasteiger partial charge in [-0.3, -0.25) is 9.59 Å². The van der Waals surface area contributed by atoms with Crippen molar-refractivity contribution in [1.29, 1.82) is 0 Å². The Balaban J connectivity index is 3.23. The van der Waals surface area contributed by atoms with Crippen molar-refractivity contribution in [3.05, 3.63) is 34.9 Å². The molecule has 0 radical (unpaired) electrons. The molecular formula is C23H33NO8. The van der Waals surface area contributed by atoms with Crippen molar-refractivity contribution in [2.45, 2.75) is 72.1 Å². The van der Waals surface area contributed by atoms with E-state index >= 15 is 0 Å². The molecule has 0 bridgehead atoms. The van der Waals surface area contributed by atoms with Gasteiger partial charge in [0.05, 0.1) is 25.0 Å². The number of carboxylic acid groups (broad SMARTS) is 1. The van der Waals surface area contributed by atoms with E-state index in [0.717, 1.165) is 0 Å². The van der Waals surface area contributed by atoms with E-state index < -0.39 is 47.5 Å². The molecule has 0 aliphatic heterocycles. The third-order valence-corrected chi connectivity index (χ3v) is 4.08. The Morgan fingerprint density at radius 2 is 1.56 bits per heavy atom. The molecule has 1 amide bonds. The van der Waals surface area contributed by atoms with E-state index in [1.54, 1.807) is 53.7 Å². The highest BCUT2D eigenvalue weighted by molar-refractivity contribution is 5.90. The number of methoxy groups -OCH3 is 1. The first-order valence-corrected chi connectivity index (χ1v) is 10.2. The van der Waals surface area contributed by atoms with Crippen LogP contribution in [0, 0.1) is 5.92 Å². The van der Waals surface area contributed by atoms with Crippen molar-refractivity contribution in [3.8, 4) is 0 Å². The van der Waals surface area contributed by atoms with Crippen LogP contribution in [0.4, 0.5) is 4.79 Å². The van der Waals surface area contributed by atoms with Gasteiger partial charge in [-0.2, -0.15) is 0 Å². The first kappa shape index (κ1) is 26.9. The highest BCUT2D eigenvalue weighted by Gasteiger charge is 2.26. The van der Waals surface area contributed by atoms with Gasteiger partial charge in [0.2, 0.25) is 0 Å². The maximum Gasteiger partial charge on any atom is 0.407 e. The molecule has 9 heteroatoms. The molecule has 1 aromatic carbocycles. The fourth-order valence-corrected chi connectivity index (χ4v) is 2.82. The van der Waals surface area contributed by atoms with Crippen molar-refractivity contribution in [1.82, 2.24) is 5.32 Å². The number of aliphatic carboxylic acids is 1. The summed E-state index contributed by atoms with van der Waals surface area (Å²) in [5.74, 6) is -3.36. The fourth-order valence-electron chi connectivity index (χ4n) is 2.82. The van der Waals surface area contributed by atoms with Crippen LogP contribution in [0.3, 0.4) is 0 Å². The molecule has 0 aliphatic carbocycles. The lowest BCUT2D eigenvalue weighted by Crippen LogP contribution is -2.32. The largest absolute Gasteiger partial charge is 0.481 e. The van der Waals surface area contributed by atoms with Gasteiger partial charge in [0, 0.05) is 6.54 Å². The van der Waals surface area contributed by atoms with Crippen LogP contribution >= 0.6 is 0 Å². The number of esters is 2. The zero-order valence-corrected chi connectivity index (χ0v) is 19.7. The Labute approximate surface area is 188 Å². The molecule has 1 aromatic rings. The van der Waals surface area contributed by atoms with Crippen LogP contribution in [-0.2, 0) is 36.8 Å². The number of amides is 1. The fraction of sp³-hybridized carbons (Fsp3) is 0.565. The number of hydrogen-bond donors (Lipinski definition) is 2. The zero-order valence-electron chi connectivity index (χ0n) is 19.7. The second-order valence-electron chi connectivity index (χ2n) is 9.36. The summed E-state index contributed by atoms with van der Waals surface area (Å²) in [5.41, 5.74) is -0.0183. The number of carbonyl (C=O) groups is 4. The van der Waals surface area contributed by atoms with Crippen molar-refractivity contribution < 1.29 is 38.5 Å². The van der Waals surface area contributed by atoms with Gasteiger partial charge in [0.15, 0.2) is 0 Å². The average molecular weight is 452 g/mol. The van der Waals surface area contributed by atoms with E-state index in [1.165, 1.54) is 13.2 Å². The van der Waals surface area contributed by atoms with E-state index in [1.807, 2.05) is 0 Å². The lowest BCUT2D eigenvalue weighted by Gasteiger charge is -2.22. The Morgan fingerprint density at radius 3 is 2.06 bits per heavy atom. The van der Waals surface area contributed by atoms with Crippen molar-refractivity contribution in [2.75, 3.05) is 7.11 Å². The van der Waals surface area contributed by atoms with Gasteiger partial charge in [0.1, 0.15) is 11.2 Å². The summed E-state index contributed by atoms with van der Waals surface area (Å²) in [4.78, 5) is 47.9. The lowest BCUT2D eigenvalue weighted by atomic mass is 9.91. The van der Waals surface area contributed by atoms with Crippen LogP contribution in [-0.4, -0.2) is 47.4 Å². The van der Waals surface area contributed by atoms with E-state index in [9.17, 15) is 24.3 Å². The number of rotatable bonds is 8. The number of ether oxygens (including phenoxy) is 3. The van der Waals surface area contributed by atoms with Crippen LogP contribution in [0.15, 0.2) is 18.2 Å². The first-order chi connectivity index (χ1) is 14.6. The molecule has 1 rings (SSSR count). The minimum absolute atomic E-state index is 0.000935. The first-order valence-electron chi connectivity index (χ1n) is 10.2. The second-order valence-corrected chi connectivity index (χ2v) is 9.36. The summed E-state index contributed by atoms with van der Waals surface area (Å²) in [6, 6.07) is 4.72. The van der Waals surface area contributed by atoms with Gasteiger partial charge in [-0.15, -0.1) is 0 Å². The second kappa shape index (κ2) is 11.0. The third kappa shape index (κ3) is 9.80. The molecule has 0 spiro atoms. The number of carboxylic acids is 1. The molecule has 0 aliphatic rings. The maximum atomic E-state index is 12.5. The standard InChI is InChI=1S/C23H33NO8/c1-22(2,3)31-20(28)14-8-9-15(13-24-21(29)32-23(4,5)6)16(10-14)11-17(12-18(25)26)19(27)30-7/h8-10,17H,11-13H2,1-7H3,(H,24,29)(H,25,26). The number of nitrogens with one attached hydrogen (secondary N) is 1. The topological polar surface area (TPSA) is 128 Å². The van der Waals surface area contributed by atoms with Gasteiger partial charge in [-0.05, 0) is 71.2 Å². The summed E-state index contributed by atoms with van der Waals surface area (Å²) in [7, 11) is 1.18. The monoisotopic (exact) mass is 451 g/mol. The molecule has 0 fully saturated rings. The molecule has 1 unspecified atom stereocenters. The van der Waals surface area contributed by atoms with Gasteiger partial charge in [-0.1, -0.05) is 6.07 Å². The van der Waals surface area contributed by atoms with Gasteiger partial charge in [-0.25, -0.2) is 9.59 Å². The van der Waals surface area contributed by atoms with Gasteiger partial charge < -0.3 is 24.6 Å². The van der Waals surface area contributed by atoms with E-state index in [2.05, 4.69) is 5.32 Å². The quantitative estimate of drug-likeness (QED) is 0.454. The minimum atomic E-state index is -1.16. The van der Waals surface area contributed by atoms with E-state index in [-0.39, 0.29) is 18.5 Å². The molecule has 0 aromatic heterocycles. The Hall–Kier alpha value is -3.10. The van der Waals surface area contributed by atoms with Crippen LogP contribution in [0.25, 0.3) is 0 Å².